The number of aliphatic hydroxyl groups is 1. The molecule has 2 heterocycles. The largest absolute Gasteiger partial charge is 0.507 e. The summed E-state index contributed by atoms with van der Waals surface area (Å²) in [6.07, 6.45) is 2.42. The van der Waals surface area contributed by atoms with Gasteiger partial charge in [-0.05, 0) is 54.4 Å². The Balaban J connectivity index is 1.61. The molecule has 8 heteroatoms. The first-order valence-corrected chi connectivity index (χ1v) is 12.1. The molecule has 1 amide bonds. The number of methoxy groups -OCH3 is 2. The number of nitrogens with zero attached hydrogens (tertiary/aromatic N) is 1. The van der Waals surface area contributed by atoms with Gasteiger partial charge in [-0.25, -0.2) is 0 Å². The molecular weight excluding hydrogens is 492 g/mol. The van der Waals surface area contributed by atoms with Gasteiger partial charge in [-0.15, -0.1) is 0 Å². The Morgan fingerprint density at radius 1 is 1.03 bits per heavy atom. The number of fused-ring (bicyclic) bond motifs is 1. The predicted octanol–water partition coefficient (Wildman–Crippen LogP) is 5.50. The van der Waals surface area contributed by atoms with Crippen molar-refractivity contribution in [2.45, 2.75) is 12.5 Å². The third kappa shape index (κ3) is 4.42. The minimum absolute atomic E-state index is 0.00489. The topological polar surface area (TPSA) is 91.9 Å². The number of carbonyl (C=O) groups excluding carboxylic acids is 2. The van der Waals surface area contributed by atoms with Crippen LogP contribution < -0.4 is 9.47 Å². The Kier molecular flexibility index (Phi) is 6.63. The first-order chi connectivity index (χ1) is 17.9. The van der Waals surface area contributed by atoms with Crippen molar-refractivity contribution in [2.75, 3.05) is 20.8 Å². The molecule has 7 nitrogen and oxygen atoms in total. The summed E-state index contributed by atoms with van der Waals surface area (Å²) in [4.78, 5) is 31.5. The summed E-state index contributed by atoms with van der Waals surface area (Å²) < 4.78 is 11.0. The maximum atomic E-state index is 13.4. The average molecular weight is 517 g/mol. The fraction of sp³-hybridized carbons (Fsp3) is 0.172. The molecule has 3 aromatic carbocycles. The number of aromatic nitrogens is 1. The Morgan fingerprint density at radius 2 is 1.78 bits per heavy atom. The van der Waals surface area contributed by atoms with E-state index >= 15 is 0 Å². The van der Waals surface area contributed by atoms with Gasteiger partial charge in [0.2, 0.25) is 0 Å². The number of para-hydroxylation sites is 1. The number of rotatable bonds is 7. The van der Waals surface area contributed by atoms with E-state index in [1.54, 1.807) is 49.6 Å². The molecule has 4 aromatic rings. The minimum Gasteiger partial charge on any atom is -0.507 e. The molecular formula is C29H25ClN2O5. The highest BCUT2D eigenvalue weighted by Gasteiger charge is 2.47. The number of ketones is 1. The van der Waals surface area contributed by atoms with E-state index in [4.69, 9.17) is 21.1 Å². The minimum atomic E-state index is -0.859. The van der Waals surface area contributed by atoms with Crippen molar-refractivity contribution in [1.82, 2.24) is 9.88 Å². The highest BCUT2D eigenvalue weighted by atomic mass is 35.5. The second kappa shape index (κ2) is 10.0. The number of benzene rings is 3. The molecule has 1 aliphatic heterocycles. The number of aliphatic hydroxyl groups excluding tert-OH is 1. The van der Waals surface area contributed by atoms with Crippen molar-refractivity contribution in [3.8, 4) is 11.5 Å². The zero-order valence-corrected chi connectivity index (χ0v) is 21.1. The van der Waals surface area contributed by atoms with E-state index in [-0.39, 0.29) is 17.9 Å². The summed E-state index contributed by atoms with van der Waals surface area (Å²) in [7, 11) is 3.05. The predicted molar refractivity (Wildman–Crippen MR) is 142 cm³/mol. The van der Waals surface area contributed by atoms with E-state index in [1.165, 1.54) is 12.0 Å². The molecule has 1 saturated heterocycles. The van der Waals surface area contributed by atoms with Gasteiger partial charge in [0.25, 0.3) is 11.7 Å². The first kappa shape index (κ1) is 24.5. The number of nitrogens with one attached hydrogen (secondary N) is 1. The summed E-state index contributed by atoms with van der Waals surface area (Å²) in [6.45, 7) is 0.254. The van der Waals surface area contributed by atoms with E-state index < -0.39 is 17.7 Å². The summed E-state index contributed by atoms with van der Waals surface area (Å²) in [5.41, 5.74) is 2.97. The summed E-state index contributed by atoms with van der Waals surface area (Å²) in [6, 6.07) is 18.7. The van der Waals surface area contributed by atoms with Crippen molar-refractivity contribution < 1.29 is 24.2 Å². The Labute approximate surface area is 218 Å². The molecule has 37 heavy (non-hydrogen) atoms. The number of hydrogen-bond acceptors (Lipinski definition) is 5. The molecule has 5 rings (SSSR count). The Bertz CT molecular complexity index is 1520. The van der Waals surface area contributed by atoms with Gasteiger partial charge in [0.05, 0.1) is 25.8 Å². The van der Waals surface area contributed by atoms with Crippen molar-refractivity contribution in [2.24, 2.45) is 0 Å². The van der Waals surface area contributed by atoms with Crippen molar-refractivity contribution in [1.29, 1.82) is 0 Å². The van der Waals surface area contributed by atoms with Crippen LogP contribution >= 0.6 is 11.6 Å². The van der Waals surface area contributed by atoms with Gasteiger partial charge in [-0.2, -0.15) is 0 Å². The number of carbonyl (C=O) groups is 2. The van der Waals surface area contributed by atoms with Gasteiger partial charge in [-0.1, -0.05) is 29.8 Å². The fourth-order valence-corrected chi connectivity index (χ4v) is 4.95. The molecule has 0 radical (unpaired) electrons. The van der Waals surface area contributed by atoms with E-state index in [1.807, 2.05) is 30.5 Å². The quantitative estimate of drug-likeness (QED) is 0.192. The number of hydrogen-bond donors (Lipinski definition) is 2. The molecule has 1 aromatic heterocycles. The van der Waals surface area contributed by atoms with Gasteiger partial charge in [0, 0.05) is 45.9 Å². The van der Waals surface area contributed by atoms with E-state index in [9.17, 15) is 14.7 Å². The van der Waals surface area contributed by atoms with Gasteiger partial charge in [-0.3, -0.25) is 9.59 Å². The molecule has 0 saturated carbocycles. The fourth-order valence-electron chi connectivity index (χ4n) is 4.82. The number of H-pyrrole nitrogens is 1. The third-order valence-corrected chi connectivity index (χ3v) is 6.94. The molecule has 1 atom stereocenters. The summed E-state index contributed by atoms with van der Waals surface area (Å²) in [5, 5.41) is 12.8. The Hall–Kier alpha value is -4.23. The lowest BCUT2D eigenvalue weighted by atomic mass is 9.94. The SMILES string of the molecule is COc1ccc([C@@H]2C(=C(O)c3ccc(Cl)cc3)C(=O)C(=O)N2CCc2c[nH]c3ccccc23)c(OC)c1. The van der Waals surface area contributed by atoms with E-state index in [0.717, 1.165) is 16.5 Å². The number of Topliss-reactive ketones (excluding diaryl/α,β-unsaturated/α-hetero) is 1. The maximum Gasteiger partial charge on any atom is 0.295 e. The van der Waals surface area contributed by atoms with Gasteiger partial charge in [0.1, 0.15) is 17.3 Å². The summed E-state index contributed by atoms with van der Waals surface area (Å²) in [5.74, 6) is -0.709. The van der Waals surface area contributed by atoms with Crippen molar-refractivity contribution >= 4 is 40.0 Å². The van der Waals surface area contributed by atoms with Crippen LogP contribution in [0.2, 0.25) is 5.02 Å². The molecule has 188 valence electrons. The number of amides is 1. The third-order valence-electron chi connectivity index (χ3n) is 6.69. The normalized spacial score (nSPS) is 16.9. The molecule has 0 aliphatic carbocycles. The van der Waals surface area contributed by atoms with Crippen LogP contribution in [0.25, 0.3) is 16.7 Å². The van der Waals surface area contributed by atoms with Crippen LogP contribution in [0.5, 0.6) is 11.5 Å². The van der Waals surface area contributed by atoms with Crippen LogP contribution in [-0.2, 0) is 16.0 Å². The van der Waals surface area contributed by atoms with Crippen LogP contribution in [0.4, 0.5) is 0 Å². The van der Waals surface area contributed by atoms with Crippen LogP contribution in [0.15, 0.2) is 78.5 Å². The molecule has 1 fully saturated rings. The van der Waals surface area contributed by atoms with Crippen molar-refractivity contribution in [3.63, 3.8) is 0 Å². The highest BCUT2D eigenvalue weighted by molar-refractivity contribution is 6.46. The van der Waals surface area contributed by atoms with Gasteiger partial charge >= 0.3 is 0 Å². The zero-order chi connectivity index (χ0) is 26.1. The first-order valence-electron chi connectivity index (χ1n) is 11.7. The second-order valence-corrected chi connectivity index (χ2v) is 9.15. The second-order valence-electron chi connectivity index (χ2n) is 8.72. The standard InChI is InChI=1S/C29H25ClN2O5/c1-36-20-11-12-22(24(15-20)37-2)26-25(27(33)17-7-9-19(30)10-8-17)28(34)29(35)32(26)14-13-18-16-31-23-6-4-3-5-21(18)23/h3-12,15-16,26,31,33H,13-14H2,1-2H3/t26-/m1/s1. The summed E-state index contributed by atoms with van der Waals surface area (Å²) >= 11 is 6.02. The Morgan fingerprint density at radius 3 is 2.51 bits per heavy atom. The van der Waals surface area contributed by atoms with Crippen LogP contribution in [0.3, 0.4) is 0 Å². The average Bonchev–Trinajstić information content (AvgIpc) is 3.45. The number of likely N-dealkylation sites (tertiary alicyclic amines) is 1. The lowest BCUT2D eigenvalue weighted by molar-refractivity contribution is -0.139. The highest BCUT2D eigenvalue weighted by Crippen LogP contribution is 2.43. The van der Waals surface area contributed by atoms with E-state index in [2.05, 4.69) is 4.98 Å². The van der Waals surface area contributed by atoms with Gasteiger partial charge < -0.3 is 24.5 Å². The van der Waals surface area contributed by atoms with Crippen molar-refractivity contribution in [3.05, 3.63) is 100 Å². The zero-order valence-electron chi connectivity index (χ0n) is 20.3. The monoisotopic (exact) mass is 516 g/mol. The van der Waals surface area contributed by atoms with Gasteiger partial charge in [0.15, 0.2) is 0 Å². The number of ether oxygens (including phenoxy) is 2. The van der Waals surface area contributed by atoms with Crippen LogP contribution in [-0.4, -0.2) is 47.4 Å². The van der Waals surface area contributed by atoms with E-state index in [0.29, 0.717) is 34.1 Å². The molecule has 2 N–H and O–H groups in total. The lowest BCUT2D eigenvalue weighted by Crippen LogP contribution is -2.31. The molecule has 0 bridgehead atoms. The lowest BCUT2D eigenvalue weighted by Gasteiger charge is -2.27. The maximum absolute atomic E-state index is 13.4. The van der Waals surface area contributed by atoms with Crippen LogP contribution in [0.1, 0.15) is 22.7 Å². The molecule has 0 spiro atoms. The molecule has 1 aliphatic rings. The smallest absolute Gasteiger partial charge is 0.295 e. The number of aromatic amines is 1. The molecule has 0 unspecified atom stereocenters. The number of halogens is 1. The van der Waals surface area contributed by atoms with Crippen LogP contribution in [0, 0.1) is 0 Å².